The number of hydrogen-bond acceptors (Lipinski definition) is 8. The number of rotatable bonds is 4. The number of hydrogen-bond donors (Lipinski definition) is 0. The van der Waals surface area contributed by atoms with Gasteiger partial charge in [-0.15, -0.1) is 0 Å². The van der Waals surface area contributed by atoms with E-state index in [0.717, 1.165) is 43.2 Å². The number of aldehydes is 1. The van der Waals surface area contributed by atoms with Crippen molar-refractivity contribution in [3.8, 4) is 11.6 Å². The monoisotopic (exact) mass is 597 g/mol. The minimum Gasteiger partial charge on any atom is -0.497 e. The Morgan fingerprint density at radius 1 is 1.16 bits per heavy atom. The van der Waals surface area contributed by atoms with Crippen LogP contribution >= 0.6 is 0 Å². The van der Waals surface area contributed by atoms with Gasteiger partial charge >= 0.3 is 5.97 Å². The number of carbonyl (C=O) groups is 3. The Labute approximate surface area is 252 Å². The Morgan fingerprint density at radius 2 is 1.95 bits per heavy atom. The predicted molar refractivity (Wildman–Crippen MR) is 158 cm³/mol. The SMILES string of the molecule is COc1ccc2nc3c(nc2c1)O[C@H]1CN(C(=O)[C@H](C(C)(C)C)CC(=O)O[C@]2(CCF)C[C@H]2CCCCC3)[C@H](C=O)[C@@H]1C. The van der Waals surface area contributed by atoms with Crippen molar-refractivity contribution in [1.82, 2.24) is 14.9 Å². The number of aromatic nitrogens is 2. The van der Waals surface area contributed by atoms with Gasteiger partial charge in [-0.25, -0.2) is 9.97 Å². The molecule has 1 amide bonds. The first kappa shape index (κ1) is 31.1. The minimum absolute atomic E-state index is 0.115. The van der Waals surface area contributed by atoms with Gasteiger partial charge in [0, 0.05) is 24.3 Å². The number of esters is 1. The zero-order chi connectivity index (χ0) is 30.9. The van der Waals surface area contributed by atoms with Crippen LogP contribution in [0.1, 0.15) is 78.3 Å². The molecule has 1 aromatic carbocycles. The number of ether oxygens (including phenoxy) is 3. The average Bonchev–Trinajstić information content (AvgIpc) is 3.53. The van der Waals surface area contributed by atoms with Crippen LogP contribution in [0.3, 0.4) is 0 Å². The Balaban J connectivity index is 1.50. The second kappa shape index (κ2) is 12.4. The first-order chi connectivity index (χ1) is 20.5. The summed E-state index contributed by atoms with van der Waals surface area (Å²) in [6.07, 6.45) is 5.17. The second-order valence-electron chi connectivity index (χ2n) is 13.6. The summed E-state index contributed by atoms with van der Waals surface area (Å²) in [6.45, 7) is 7.22. The highest BCUT2D eigenvalue weighted by Gasteiger charge is 2.57. The van der Waals surface area contributed by atoms with Crippen LogP contribution in [0.15, 0.2) is 18.2 Å². The number of aryl methyl sites for hydroxylation is 1. The van der Waals surface area contributed by atoms with E-state index in [2.05, 4.69) is 0 Å². The third-order valence-corrected chi connectivity index (χ3v) is 9.65. The largest absolute Gasteiger partial charge is 0.497 e. The van der Waals surface area contributed by atoms with Crippen LogP contribution < -0.4 is 9.47 Å². The molecule has 1 saturated carbocycles. The van der Waals surface area contributed by atoms with E-state index in [1.807, 2.05) is 45.9 Å². The lowest BCUT2D eigenvalue weighted by molar-refractivity contribution is -0.159. The molecule has 1 aliphatic carbocycles. The molecule has 10 heteroatoms. The lowest BCUT2D eigenvalue weighted by atomic mass is 9.77. The molecule has 234 valence electrons. The van der Waals surface area contributed by atoms with Gasteiger partial charge in [0.1, 0.15) is 29.4 Å². The van der Waals surface area contributed by atoms with E-state index in [9.17, 15) is 18.8 Å². The number of methoxy groups -OCH3 is 1. The van der Waals surface area contributed by atoms with Crippen LogP contribution in [-0.2, 0) is 25.5 Å². The van der Waals surface area contributed by atoms with Crippen LogP contribution in [0.4, 0.5) is 4.39 Å². The predicted octanol–water partition coefficient (Wildman–Crippen LogP) is 5.26. The maximum Gasteiger partial charge on any atom is 0.307 e. The summed E-state index contributed by atoms with van der Waals surface area (Å²) in [5, 5.41) is 0. The fraction of sp³-hybridized carbons (Fsp3) is 0.667. The first-order valence-electron chi connectivity index (χ1n) is 15.5. The molecule has 1 saturated heterocycles. The van der Waals surface area contributed by atoms with E-state index in [1.54, 1.807) is 12.0 Å². The van der Waals surface area contributed by atoms with Crippen molar-refractivity contribution in [2.45, 2.75) is 96.8 Å². The molecule has 3 heterocycles. The summed E-state index contributed by atoms with van der Waals surface area (Å²) in [6, 6.07) is 4.81. The van der Waals surface area contributed by atoms with Crippen LogP contribution in [-0.4, -0.2) is 71.1 Å². The Kier molecular flexibility index (Phi) is 8.95. The van der Waals surface area contributed by atoms with E-state index in [-0.39, 0.29) is 37.1 Å². The normalized spacial score (nSPS) is 30.4. The fourth-order valence-corrected chi connectivity index (χ4v) is 6.77. The Morgan fingerprint density at radius 3 is 2.65 bits per heavy atom. The summed E-state index contributed by atoms with van der Waals surface area (Å²) < 4.78 is 31.4. The molecule has 2 aromatic rings. The van der Waals surface area contributed by atoms with Crippen molar-refractivity contribution in [2.24, 2.45) is 23.2 Å². The van der Waals surface area contributed by atoms with Crippen LogP contribution in [0, 0.1) is 23.2 Å². The molecule has 0 spiro atoms. The zero-order valence-corrected chi connectivity index (χ0v) is 25.9. The van der Waals surface area contributed by atoms with Crippen molar-refractivity contribution in [3.05, 3.63) is 23.9 Å². The number of amides is 1. The Hall–Kier alpha value is -3.30. The molecule has 0 radical (unpaired) electrons. The highest BCUT2D eigenvalue weighted by atomic mass is 19.1. The molecule has 2 aliphatic heterocycles. The third kappa shape index (κ3) is 6.48. The summed E-state index contributed by atoms with van der Waals surface area (Å²) >= 11 is 0. The zero-order valence-electron chi connectivity index (χ0n) is 25.9. The quantitative estimate of drug-likeness (QED) is 0.347. The van der Waals surface area contributed by atoms with Crippen molar-refractivity contribution >= 4 is 29.2 Å². The second-order valence-corrected chi connectivity index (χ2v) is 13.6. The molecule has 2 bridgehead atoms. The average molecular weight is 598 g/mol. The summed E-state index contributed by atoms with van der Waals surface area (Å²) in [7, 11) is 1.60. The molecule has 0 unspecified atom stereocenters. The molecule has 6 atom stereocenters. The molecule has 1 aromatic heterocycles. The maximum atomic E-state index is 14.1. The van der Waals surface area contributed by atoms with Gasteiger partial charge in [0.2, 0.25) is 11.8 Å². The Bertz CT molecular complexity index is 1360. The van der Waals surface area contributed by atoms with E-state index in [0.29, 0.717) is 30.0 Å². The number of carbonyl (C=O) groups excluding carboxylic acids is 3. The fourth-order valence-electron chi connectivity index (χ4n) is 6.77. The highest BCUT2D eigenvalue weighted by Crippen LogP contribution is 2.53. The van der Waals surface area contributed by atoms with Gasteiger partial charge in [-0.3, -0.25) is 14.0 Å². The number of alkyl halides is 1. The molecule has 0 N–H and O–H groups in total. The van der Waals surface area contributed by atoms with Gasteiger partial charge in [-0.1, -0.05) is 40.5 Å². The van der Waals surface area contributed by atoms with Crippen molar-refractivity contribution in [3.63, 3.8) is 0 Å². The van der Waals surface area contributed by atoms with Gasteiger partial charge in [-0.05, 0) is 43.2 Å². The molecule has 43 heavy (non-hydrogen) atoms. The van der Waals surface area contributed by atoms with Crippen molar-refractivity contribution in [1.29, 1.82) is 0 Å². The molecule has 3 aliphatic rings. The van der Waals surface area contributed by atoms with Gasteiger partial charge in [0.15, 0.2) is 0 Å². The molecule has 2 fully saturated rings. The maximum absolute atomic E-state index is 14.1. The summed E-state index contributed by atoms with van der Waals surface area (Å²) in [4.78, 5) is 51.0. The van der Waals surface area contributed by atoms with Crippen LogP contribution in [0.25, 0.3) is 11.0 Å². The van der Waals surface area contributed by atoms with Gasteiger partial charge in [0.05, 0.1) is 49.7 Å². The molecular weight excluding hydrogens is 553 g/mol. The number of fused-ring (bicyclic) bond motifs is 5. The van der Waals surface area contributed by atoms with Gasteiger partial charge in [-0.2, -0.15) is 0 Å². The number of halogens is 1. The van der Waals surface area contributed by atoms with Crippen LogP contribution in [0.5, 0.6) is 11.6 Å². The molecule has 5 rings (SSSR count). The minimum atomic E-state index is -0.784. The smallest absolute Gasteiger partial charge is 0.307 e. The van der Waals surface area contributed by atoms with Gasteiger partial charge < -0.3 is 23.9 Å². The summed E-state index contributed by atoms with van der Waals surface area (Å²) in [5.41, 5.74) is 0.732. The number of benzene rings is 1. The van der Waals surface area contributed by atoms with Crippen molar-refractivity contribution < 1.29 is 33.0 Å². The number of nitrogens with zero attached hydrogens (tertiary/aromatic N) is 3. The van der Waals surface area contributed by atoms with Crippen molar-refractivity contribution in [2.75, 3.05) is 20.3 Å². The molecule has 9 nitrogen and oxygen atoms in total. The lowest BCUT2D eigenvalue weighted by Crippen LogP contribution is -2.46. The lowest BCUT2D eigenvalue weighted by Gasteiger charge is -2.34. The molecular formula is C33H44FN3O6. The highest BCUT2D eigenvalue weighted by molar-refractivity contribution is 5.87. The van der Waals surface area contributed by atoms with E-state index in [4.69, 9.17) is 24.2 Å². The van der Waals surface area contributed by atoms with E-state index in [1.165, 1.54) is 0 Å². The topological polar surface area (TPSA) is 108 Å². The first-order valence-corrected chi connectivity index (χ1v) is 15.5. The standard InChI is InChI=1S/C33H44FN3O6/c1-20-27(19-38)37-18-28(20)42-30-25(35-24-12-11-22(41-5)15-26(24)36-30)10-8-6-7-9-21-17-33(21,13-14-34)43-29(39)16-23(31(37)40)32(2,3)4/h11-12,15,19-21,23,27-28H,6-10,13-14,16-18H2,1-5H3/t20-,21+,23+,27+,28-,33+/m0/s1. The van der Waals surface area contributed by atoms with Crippen LogP contribution in [0.2, 0.25) is 0 Å². The van der Waals surface area contributed by atoms with Gasteiger partial charge in [0.25, 0.3) is 0 Å². The third-order valence-electron chi connectivity index (χ3n) is 9.65. The summed E-state index contributed by atoms with van der Waals surface area (Å²) in [5.74, 6) is -0.643. The van der Waals surface area contributed by atoms with E-state index >= 15 is 0 Å². The van der Waals surface area contributed by atoms with E-state index < -0.39 is 41.7 Å².